The zero-order valence-electron chi connectivity index (χ0n) is 11.6. The lowest BCUT2D eigenvalue weighted by Gasteiger charge is -2.30. The first-order chi connectivity index (χ1) is 8.98. The van der Waals surface area contributed by atoms with Crippen LogP contribution in [0.25, 0.3) is 0 Å². The molecule has 0 aromatic heterocycles. The summed E-state index contributed by atoms with van der Waals surface area (Å²) in [5.41, 5.74) is -0.0784. The van der Waals surface area contributed by atoms with Crippen LogP contribution in [0.2, 0.25) is 0 Å². The van der Waals surface area contributed by atoms with E-state index in [1.165, 1.54) is 12.8 Å². The van der Waals surface area contributed by atoms with E-state index in [4.69, 9.17) is 5.11 Å². The highest BCUT2D eigenvalue weighted by Gasteiger charge is 2.32. The maximum atomic E-state index is 12.0. The van der Waals surface area contributed by atoms with Crippen LogP contribution in [0, 0.1) is 5.92 Å². The highest BCUT2D eigenvalue weighted by Crippen LogP contribution is 2.29. The van der Waals surface area contributed by atoms with Gasteiger partial charge in [0.2, 0.25) is 0 Å². The van der Waals surface area contributed by atoms with Crippen molar-refractivity contribution in [3.05, 3.63) is 0 Å². The van der Waals surface area contributed by atoms with Crippen molar-refractivity contribution < 1.29 is 14.7 Å². The average molecular weight is 268 g/mol. The van der Waals surface area contributed by atoms with Gasteiger partial charge in [0, 0.05) is 11.6 Å². The molecule has 2 fully saturated rings. The Balaban J connectivity index is 1.80. The molecule has 2 aliphatic rings. The number of nitrogens with one attached hydrogen (secondary N) is 2. The molecule has 0 bridgehead atoms. The second-order valence-corrected chi connectivity index (χ2v) is 6.26. The van der Waals surface area contributed by atoms with E-state index in [1.54, 1.807) is 0 Å². The van der Waals surface area contributed by atoms with Gasteiger partial charge < -0.3 is 15.7 Å². The van der Waals surface area contributed by atoms with E-state index in [2.05, 4.69) is 17.6 Å². The molecule has 0 spiro atoms. The minimum absolute atomic E-state index is 0.000136. The average Bonchev–Trinajstić information content (AvgIpc) is 2.75. The van der Waals surface area contributed by atoms with E-state index in [-0.39, 0.29) is 23.5 Å². The van der Waals surface area contributed by atoms with Gasteiger partial charge in [-0.1, -0.05) is 19.3 Å². The molecular weight excluding hydrogens is 244 g/mol. The van der Waals surface area contributed by atoms with Crippen LogP contribution >= 0.6 is 0 Å². The Labute approximate surface area is 114 Å². The summed E-state index contributed by atoms with van der Waals surface area (Å²) < 4.78 is 0. The number of rotatable bonds is 3. The van der Waals surface area contributed by atoms with Gasteiger partial charge in [0.25, 0.3) is 0 Å². The summed E-state index contributed by atoms with van der Waals surface area (Å²) in [5, 5.41) is 15.0. The number of hydrogen-bond acceptors (Lipinski definition) is 2. The molecule has 3 N–H and O–H groups in total. The highest BCUT2D eigenvalue weighted by atomic mass is 16.4. The number of carboxylic acid groups (broad SMARTS) is 1. The lowest BCUT2D eigenvalue weighted by molar-refractivity contribution is -0.143. The zero-order chi connectivity index (χ0) is 13.9. The number of carbonyl (C=O) groups is 2. The van der Waals surface area contributed by atoms with Gasteiger partial charge in [0.05, 0.1) is 5.92 Å². The van der Waals surface area contributed by atoms with Gasteiger partial charge in [0.1, 0.15) is 0 Å². The number of urea groups is 1. The van der Waals surface area contributed by atoms with Crippen LogP contribution in [-0.2, 0) is 4.79 Å². The molecule has 2 rings (SSSR count). The molecule has 2 unspecified atom stereocenters. The number of aliphatic carboxylic acids is 1. The Hall–Kier alpha value is -1.26. The molecule has 2 saturated carbocycles. The summed E-state index contributed by atoms with van der Waals surface area (Å²) in [6.45, 7) is 2.08. The lowest BCUT2D eigenvalue weighted by Crippen LogP contribution is -2.52. The first-order valence-corrected chi connectivity index (χ1v) is 7.30. The highest BCUT2D eigenvalue weighted by molar-refractivity contribution is 5.75. The quantitative estimate of drug-likeness (QED) is 0.734. The smallest absolute Gasteiger partial charge is 0.315 e. The summed E-state index contributed by atoms with van der Waals surface area (Å²) in [6, 6.07) is -0.139. The fraction of sp³-hybridized carbons (Fsp3) is 0.857. The maximum Gasteiger partial charge on any atom is 0.315 e. The third-order valence-electron chi connectivity index (χ3n) is 4.48. The SMILES string of the molecule is CC1(NC(=O)NC2CCCC(C(=O)O)C2)CCCC1. The molecule has 19 heavy (non-hydrogen) atoms. The summed E-state index contributed by atoms with van der Waals surface area (Å²) in [4.78, 5) is 23.0. The zero-order valence-corrected chi connectivity index (χ0v) is 11.6. The van der Waals surface area contributed by atoms with E-state index < -0.39 is 5.97 Å². The van der Waals surface area contributed by atoms with Gasteiger partial charge in [-0.05, 0) is 39.0 Å². The predicted molar refractivity (Wildman–Crippen MR) is 71.9 cm³/mol. The Morgan fingerprint density at radius 3 is 2.47 bits per heavy atom. The summed E-state index contributed by atoms with van der Waals surface area (Å²) in [5.74, 6) is -1.05. The first-order valence-electron chi connectivity index (χ1n) is 7.30. The second-order valence-electron chi connectivity index (χ2n) is 6.26. The number of amides is 2. The van der Waals surface area contributed by atoms with E-state index in [1.807, 2.05) is 0 Å². The van der Waals surface area contributed by atoms with Crippen molar-refractivity contribution in [2.45, 2.75) is 69.9 Å². The summed E-state index contributed by atoms with van der Waals surface area (Å²) in [7, 11) is 0. The molecule has 5 nitrogen and oxygen atoms in total. The molecule has 2 aliphatic carbocycles. The van der Waals surface area contributed by atoms with Crippen molar-refractivity contribution in [2.75, 3.05) is 0 Å². The lowest BCUT2D eigenvalue weighted by atomic mass is 9.86. The molecular formula is C14H24N2O3. The maximum absolute atomic E-state index is 12.0. The van der Waals surface area contributed by atoms with Crippen molar-refractivity contribution in [2.24, 2.45) is 5.92 Å². The second kappa shape index (κ2) is 5.80. The van der Waals surface area contributed by atoms with Crippen molar-refractivity contribution in [1.82, 2.24) is 10.6 Å². The molecule has 108 valence electrons. The van der Waals surface area contributed by atoms with Gasteiger partial charge in [-0.25, -0.2) is 4.79 Å². The van der Waals surface area contributed by atoms with Crippen molar-refractivity contribution >= 4 is 12.0 Å². The molecule has 0 aromatic rings. The normalized spacial score (nSPS) is 29.7. The summed E-state index contributed by atoms with van der Waals surface area (Å²) >= 11 is 0. The van der Waals surface area contributed by atoms with Crippen LogP contribution in [0.4, 0.5) is 4.79 Å². The minimum atomic E-state index is -0.741. The molecule has 0 aliphatic heterocycles. The standard InChI is InChI=1S/C14H24N2O3/c1-14(7-2-3-8-14)16-13(19)15-11-6-4-5-10(9-11)12(17)18/h10-11H,2-9H2,1H3,(H,17,18)(H2,15,16,19). The Morgan fingerprint density at radius 1 is 1.16 bits per heavy atom. The molecule has 2 amide bonds. The third-order valence-corrected chi connectivity index (χ3v) is 4.48. The van der Waals surface area contributed by atoms with Crippen molar-refractivity contribution in [3.8, 4) is 0 Å². The molecule has 0 heterocycles. The fourth-order valence-electron chi connectivity index (χ4n) is 3.32. The molecule has 0 saturated heterocycles. The van der Waals surface area contributed by atoms with Crippen LogP contribution in [0.1, 0.15) is 58.3 Å². The fourth-order valence-corrected chi connectivity index (χ4v) is 3.32. The predicted octanol–water partition coefficient (Wildman–Crippen LogP) is 2.26. The van der Waals surface area contributed by atoms with Crippen LogP contribution in [0.15, 0.2) is 0 Å². The molecule has 0 radical (unpaired) electrons. The molecule has 2 atom stereocenters. The first kappa shape index (κ1) is 14.2. The molecule has 0 aromatic carbocycles. The van der Waals surface area contributed by atoms with Gasteiger partial charge >= 0.3 is 12.0 Å². The topological polar surface area (TPSA) is 78.4 Å². The Bertz CT molecular complexity index is 351. The Kier molecular flexibility index (Phi) is 4.32. The number of carbonyl (C=O) groups excluding carboxylic acids is 1. The minimum Gasteiger partial charge on any atom is -0.481 e. The summed E-state index contributed by atoms with van der Waals surface area (Å²) in [6.07, 6.45) is 7.44. The third kappa shape index (κ3) is 3.85. The Morgan fingerprint density at radius 2 is 1.84 bits per heavy atom. The van der Waals surface area contributed by atoms with E-state index in [9.17, 15) is 9.59 Å². The van der Waals surface area contributed by atoms with Gasteiger partial charge in [0.15, 0.2) is 0 Å². The van der Waals surface area contributed by atoms with Crippen LogP contribution in [-0.4, -0.2) is 28.7 Å². The van der Waals surface area contributed by atoms with Gasteiger partial charge in [-0.15, -0.1) is 0 Å². The van der Waals surface area contributed by atoms with E-state index in [0.29, 0.717) is 6.42 Å². The van der Waals surface area contributed by atoms with Crippen LogP contribution in [0.5, 0.6) is 0 Å². The van der Waals surface area contributed by atoms with Gasteiger partial charge in [-0.2, -0.15) is 0 Å². The number of carboxylic acids is 1. The largest absolute Gasteiger partial charge is 0.481 e. The van der Waals surface area contributed by atoms with Crippen LogP contribution < -0.4 is 10.6 Å². The number of hydrogen-bond donors (Lipinski definition) is 3. The van der Waals surface area contributed by atoms with Crippen LogP contribution in [0.3, 0.4) is 0 Å². The molecule has 5 heteroatoms. The monoisotopic (exact) mass is 268 g/mol. The van der Waals surface area contributed by atoms with Gasteiger partial charge in [-0.3, -0.25) is 4.79 Å². The van der Waals surface area contributed by atoms with Crippen molar-refractivity contribution in [1.29, 1.82) is 0 Å². The van der Waals surface area contributed by atoms with E-state index in [0.717, 1.165) is 32.1 Å². The van der Waals surface area contributed by atoms with E-state index >= 15 is 0 Å². The van der Waals surface area contributed by atoms with Crippen molar-refractivity contribution in [3.63, 3.8) is 0 Å².